The van der Waals surface area contributed by atoms with Crippen molar-refractivity contribution >= 4 is 11.4 Å². The number of nitrogens with zero attached hydrogens (tertiary/aromatic N) is 8. The highest BCUT2D eigenvalue weighted by Crippen LogP contribution is 2.42. The van der Waals surface area contributed by atoms with Crippen molar-refractivity contribution in [2.75, 3.05) is 49.2 Å². The maximum atomic E-state index is 15.0. The maximum Gasteiger partial charge on any atom is 0.350 e. The first-order valence-electron chi connectivity index (χ1n) is 18.6. The maximum absolute atomic E-state index is 15.0. The largest absolute Gasteiger partial charge is 0.493 e. The molecule has 2 aliphatic rings. The van der Waals surface area contributed by atoms with Gasteiger partial charge in [0, 0.05) is 55.1 Å². The summed E-state index contributed by atoms with van der Waals surface area (Å²) in [5.41, 5.74) is 2.25. The van der Waals surface area contributed by atoms with Gasteiger partial charge in [-0.2, -0.15) is 10.2 Å². The minimum atomic E-state index is -1.01. The molecule has 4 unspecified atom stereocenters. The van der Waals surface area contributed by atoms with Crippen LogP contribution in [0.5, 0.6) is 5.75 Å². The molecule has 0 bridgehead atoms. The molecule has 3 aromatic carbocycles. The van der Waals surface area contributed by atoms with E-state index in [1.54, 1.807) is 26.6 Å². The van der Waals surface area contributed by atoms with Crippen molar-refractivity contribution in [3.05, 3.63) is 113 Å². The van der Waals surface area contributed by atoms with Crippen LogP contribution in [0.4, 0.5) is 20.2 Å². The van der Waals surface area contributed by atoms with E-state index in [2.05, 4.69) is 76.9 Å². The van der Waals surface area contributed by atoms with Crippen LogP contribution < -0.4 is 20.2 Å². The molecule has 13 heteroatoms. The van der Waals surface area contributed by atoms with Gasteiger partial charge >= 0.3 is 5.69 Å². The minimum absolute atomic E-state index is 0.00425. The van der Waals surface area contributed by atoms with Crippen LogP contribution in [0.1, 0.15) is 52.1 Å². The molecular formula is C40H48F2N8O3. The van der Waals surface area contributed by atoms with Crippen LogP contribution >= 0.6 is 0 Å². The van der Waals surface area contributed by atoms with Gasteiger partial charge in [0.2, 0.25) is 0 Å². The molecule has 4 heterocycles. The van der Waals surface area contributed by atoms with Gasteiger partial charge in [-0.3, -0.25) is 0 Å². The normalized spacial score (nSPS) is 20.2. The fourth-order valence-electron chi connectivity index (χ4n) is 7.73. The zero-order valence-electron chi connectivity index (χ0n) is 30.8. The molecule has 0 aliphatic carbocycles. The van der Waals surface area contributed by atoms with Crippen LogP contribution in [0, 0.1) is 29.4 Å². The molecule has 2 aliphatic heterocycles. The Morgan fingerprint density at radius 3 is 2.15 bits per heavy atom. The van der Waals surface area contributed by atoms with Crippen molar-refractivity contribution in [2.45, 2.75) is 58.7 Å². The number of hydrogen-bond acceptors (Lipinski definition) is 8. The standard InChI is InChI=1S/C40H48F2N8O3/c1-5-38(29(4)28(2)3)50-39(51)49(27-45-50)34-9-7-32(8-10-34)46-16-18-47(19-17-46)33-11-13-35(14-12-33)52-22-30-21-40(53-23-30,24-48-26-43-25-44-48)36-15-6-31(41)20-37(36)42/h6-15,20,25-30,38H,5,16-19,21-24H2,1-4H3. The Hall–Kier alpha value is -5.04. The van der Waals surface area contributed by atoms with Crippen LogP contribution in [0.3, 0.4) is 0 Å². The summed E-state index contributed by atoms with van der Waals surface area (Å²) in [5, 5.41) is 8.69. The third kappa shape index (κ3) is 7.71. The molecule has 280 valence electrons. The third-order valence-electron chi connectivity index (χ3n) is 11.1. The number of hydrogen-bond donors (Lipinski definition) is 0. The lowest BCUT2D eigenvalue weighted by molar-refractivity contribution is -0.0206. The topological polar surface area (TPSA) is 95.5 Å². The highest BCUT2D eigenvalue weighted by Gasteiger charge is 2.44. The molecule has 4 atom stereocenters. The molecule has 11 nitrogen and oxygen atoms in total. The van der Waals surface area contributed by atoms with Gasteiger partial charge in [-0.25, -0.2) is 32.5 Å². The van der Waals surface area contributed by atoms with Gasteiger partial charge in [0.05, 0.1) is 31.5 Å². The Balaban J connectivity index is 0.921. The van der Waals surface area contributed by atoms with E-state index >= 15 is 0 Å². The molecule has 53 heavy (non-hydrogen) atoms. The van der Waals surface area contributed by atoms with E-state index in [-0.39, 0.29) is 24.2 Å². The van der Waals surface area contributed by atoms with Gasteiger partial charge in [0.15, 0.2) is 0 Å². The Morgan fingerprint density at radius 1 is 0.887 bits per heavy atom. The summed E-state index contributed by atoms with van der Waals surface area (Å²) in [6, 6.07) is 19.9. The summed E-state index contributed by atoms with van der Waals surface area (Å²) in [6.07, 6.45) is 5.96. The monoisotopic (exact) mass is 726 g/mol. The highest BCUT2D eigenvalue weighted by atomic mass is 19.1. The molecule has 0 N–H and O–H groups in total. The summed E-state index contributed by atoms with van der Waals surface area (Å²) < 4.78 is 46.1. The smallest absolute Gasteiger partial charge is 0.350 e. The molecule has 5 aromatic rings. The Labute approximate surface area is 308 Å². The minimum Gasteiger partial charge on any atom is -0.493 e. The Morgan fingerprint density at radius 2 is 1.55 bits per heavy atom. The lowest BCUT2D eigenvalue weighted by Gasteiger charge is -2.37. The van der Waals surface area contributed by atoms with Gasteiger partial charge in [-0.1, -0.05) is 33.8 Å². The van der Waals surface area contributed by atoms with Crippen LogP contribution in [0.25, 0.3) is 5.69 Å². The van der Waals surface area contributed by atoms with Gasteiger partial charge in [-0.15, -0.1) is 0 Å². The molecule has 0 spiro atoms. The van der Waals surface area contributed by atoms with E-state index in [9.17, 15) is 13.6 Å². The predicted molar refractivity (Wildman–Crippen MR) is 200 cm³/mol. The second-order valence-corrected chi connectivity index (χ2v) is 14.7. The number of ether oxygens (including phenoxy) is 2. The fraction of sp³-hybridized carbons (Fsp3) is 0.450. The quantitative estimate of drug-likeness (QED) is 0.136. The van der Waals surface area contributed by atoms with Gasteiger partial charge in [0.1, 0.15) is 42.0 Å². The van der Waals surface area contributed by atoms with Crippen LogP contribution in [0.2, 0.25) is 0 Å². The fourth-order valence-corrected chi connectivity index (χ4v) is 7.73. The first-order chi connectivity index (χ1) is 25.6. The molecule has 7 rings (SSSR count). The second kappa shape index (κ2) is 15.5. The van der Waals surface area contributed by atoms with Crippen molar-refractivity contribution in [3.63, 3.8) is 0 Å². The number of anilines is 2. The van der Waals surface area contributed by atoms with E-state index in [0.717, 1.165) is 61.5 Å². The number of benzene rings is 3. The van der Waals surface area contributed by atoms with Crippen LogP contribution in [-0.2, 0) is 16.9 Å². The number of halogens is 2. The molecule has 2 fully saturated rings. The van der Waals surface area contributed by atoms with Gasteiger partial charge in [0.25, 0.3) is 0 Å². The summed E-state index contributed by atoms with van der Waals surface area (Å²) in [4.78, 5) is 22.1. The van der Waals surface area contributed by atoms with Crippen molar-refractivity contribution in [3.8, 4) is 11.4 Å². The number of aromatic nitrogens is 6. The molecule has 0 radical (unpaired) electrons. The lowest BCUT2D eigenvalue weighted by Crippen LogP contribution is -2.46. The van der Waals surface area contributed by atoms with Crippen LogP contribution in [-0.4, -0.2) is 68.5 Å². The van der Waals surface area contributed by atoms with E-state index in [1.807, 2.05) is 24.3 Å². The summed E-state index contributed by atoms with van der Waals surface area (Å²) >= 11 is 0. The van der Waals surface area contributed by atoms with E-state index in [4.69, 9.17) is 9.47 Å². The van der Waals surface area contributed by atoms with Crippen LogP contribution in [0.15, 0.2) is 90.5 Å². The van der Waals surface area contributed by atoms with E-state index in [0.29, 0.717) is 37.0 Å². The average Bonchev–Trinajstić information content (AvgIpc) is 3.93. The van der Waals surface area contributed by atoms with E-state index in [1.165, 1.54) is 18.5 Å². The summed E-state index contributed by atoms with van der Waals surface area (Å²) in [5.74, 6) is 0.270. The summed E-state index contributed by atoms with van der Waals surface area (Å²) in [6.45, 7) is 13.2. The zero-order valence-corrected chi connectivity index (χ0v) is 30.8. The third-order valence-corrected chi connectivity index (χ3v) is 11.1. The Bertz CT molecular complexity index is 2010. The zero-order chi connectivity index (χ0) is 37.1. The number of piperazine rings is 1. The first-order valence-corrected chi connectivity index (χ1v) is 18.6. The first kappa shape index (κ1) is 36.3. The molecule has 0 amide bonds. The van der Waals surface area contributed by atoms with Crippen molar-refractivity contribution in [1.82, 2.24) is 29.1 Å². The molecule has 2 aromatic heterocycles. The van der Waals surface area contributed by atoms with Crippen molar-refractivity contribution < 1.29 is 18.3 Å². The van der Waals surface area contributed by atoms with Gasteiger partial charge < -0.3 is 19.3 Å². The van der Waals surface area contributed by atoms with Crippen molar-refractivity contribution in [2.24, 2.45) is 17.8 Å². The average molecular weight is 727 g/mol. The van der Waals surface area contributed by atoms with Gasteiger partial charge in [-0.05, 0) is 79.3 Å². The molecule has 0 saturated carbocycles. The SMILES string of the molecule is CCC(C(C)C(C)C)n1ncn(-c2ccc(N3CCN(c4ccc(OCC5COC(Cn6cncn6)(c6ccc(F)cc6F)C5)cc4)CC3)cc2)c1=O. The van der Waals surface area contributed by atoms with E-state index < -0.39 is 17.2 Å². The molecule has 2 saturated heterocycles. The molecular weight excluding hydrogens is 678 g/mol. The highest BCUT2D eigenvalue weighted by molar-refractivity contribution is 5.54. The Kier molecular flexibility index (Phi) is 10.6. The summed E-state index contributed by atoms with van der Waals surface area (Å²) in [7, 11) is 0. The predicted octanol–water partition coefficient (Wildman–Crippen LogP) is 6.48. The number of rotatable bonds is 13. The lowest BCUT2D eigenvalue weighted by atomic mass is 9.87. The second-order valence-electron chi connectivity index (χ2n) is 14.7. The van der Waals surface area contributed by atoms with Crippen molar-refractivity contribution in [1.29, 1.82) is 0 Å².